The largest absolute Gasteiger partial charge is 0.478 e. The lowest BCUT2D eigenvalue weighted by Crippen LogP contribution is -2.39. The molecule has 0 aliphatic rings. The van der Waals surface area contributed by atoms with Crippen molar-refractivity contribution in [3.8, 4) is 0 Å². The van der Waals surface area contributed by atoms with Crippen LogP contribution in [0.25, 0.3) is 0 Å². The average Bonchev–Trinajstić information content (AvgIpc) is 2.58. The summed E-state index contributed by atoms with van der Waals surface area (Å²) >= 11 is 0. The van der Waals surface area contributed by atoms with Crippen molar-refractivity contribution in [2.45, 2.75) is 40.3 Å². The van der Waals surface area contributed by atoms with Crippen LogP contribution in [0.3, 0.4) is 0 Å². The fourth-order valence-electron chi connectivity index (χ4n) is 1.86. The molecular weight excluding hydrogens is 230 g/mol. The maximum absolute atomic E-state index is 11.1. The molecule has 18 heavy (non-hydrogen) atoms. The van der Waals surface area contributed by atoms with Gasteiger partial charge in [-0.15, -0.1) is 0 Å². The van der Waals surface area contributed by atoms with Crippen molar-refractivity contribution in [2.24, 2.45) is 12.5 Å². The highest BCUT2D eigenvalue weighted by molar-refractivity contribution is 5.88. The molecule has 1 N–H and O–H groups in total. The molecule has 5 nitrogen and oxygen atoms in total. The van der Waals surface area contributed by atoms with E-state index in [1.54, 1.807) is 11.7 Å². The van der Waals surface area contributed by atoms with Crippen LogP contribution in [-0.2, 0) is 13.6 Å². The van der Waals surface area contributed by atoms with Crippen molar-refractivity contribution in [1.29, 1.82) is 0 Å². The molecule has 0 amide bonds. The number of nitrogens with zero attached hydrogens (tertiary/aromatic N) is 3. The third kappa shape index (κ3) is 3.10. The molecule has 1 atom stereocenters. The van der Waals surface area contributed by atoms with Gasteiger partial charge in [0, 0.05) is 19.6 Å². The molecule has 0 fully saturated rings. The van der Waals surface area contributed by atoms with E-state index in [1.807, 2.05) is 7.05 Å². The highest BCUT2D eigenvalue weighted by Crippen LogP contribution is 2.24. The Morgan fingerprint density at radius 1 is 1.56 bits per heavy atom. The molecular formula is C13H23N3O2. The lowest BCUT2D eigenvalue weighted by atomic mass is 9.87. The molecule has 0 saturated carbocycles. The van der Waals surface area contributed by atoms with E-state index in [1.165, 1.54) is 6.20 Å². The van der Waals surface area contributed by atoms with E-state index < -0.39 is 5.97 Å². The molecule has 102 valence electrons. The maximum atomic E-state index is 11.1. The third-order valence-electron chi connectivity index (χ3n) is 3.61. The summed E-state index contributed by atoms with van der Waals surface area (Å²) in [6.07, 6.45) is 1.41. The van der Waals surface area contributed by atoms with Gasteiger partial charge in [0.05, 0.1) is 11.9 Å². The Kier molecular flexibility index (Phi) is 4.16. The van der Waals surface area contributed by atoms with Crippen LogP contribution in [0.5, 0.6) is 0 Å². The fraction of sp³-hybridized carbons (Fsp3) is 0.692. The van der Waals surface area contributed by atoms with Crippen LogP contribution in [0, 0.1) is 5.41 Å². The lowest BCUT2D eigenvalue weighted by molar-refractivity contribution is 0.0692. The van der Waals surface area contributed by atoms with Gasteiger partial charge in [-0.2, -0.15) is 5.10 Å². The minimum Gasteiger partial charge on any atom is -0.478 e. The molecule has 0 aromatic carbocycles. The van der Waals surface area contributed by atoms with E-state index in [4.69, 9.17) is 5.11 Å². The Morgan fingerprint density at radius 2 is 2.11 bits per heavy atom. The van der Waals surface area contributed by atoms with E-state index in [0.717, 1.165) is 5.69 Å². The molecule has 0 radical (unpaired) electrons. The highest BCUT2D eigenvalue weighted by atomic mass is 16.4. The van der Waals surface area contributed by atoms with E-state index >= 15 is 0 Å². The SMILES string of the molecule is CC(N(C)Cc1c(C(=O)O)cnn1C)C(C)(C)C. The summed E-state index contributed by atoms with van der Waals surface area (Å²) in [5.74, 6) is -0.921. The summed E-state index contributed by atoms with van der Waals surface area (Å²) in [7, 11) is 3.78. The zero-order valence-corrected chi connectivity index (χ0v) is 12.1. The van der Waals surface area contributed by atoms with Crippen LogP contribution in [0.15, 0.2) is 6.20 Å². The summed E-state index contributed by atoms with van der Waals surface area (Å²) in [4.78, 5) is 13.3. The molecule has 5 heteroatoms. The molecule has 0 saturated heterocycles. The number of carboxylic acid groups (broad SMARTS) is 1. The first-order valence-electron chi connectivity index (χ1n) is 6.09. The van der Waals surface area contributed by atoms with Gasteiger partial charge in [-0.3, -0.25) is 9.58 Å². The second kappa shape index (κ2) is 5.10. The fourth-order valence-corrected chi connectivity index (χ4v) is 1.86. The van der Waals surface area contributed by atoms with Crippen molar-refractivity contribution >= 4 is 5.97 Å². The van der Waals surface area contributed by atoms with E-state index in [0.29, 0.717) is 12.6 Å². The molecule has 0 aliphatic carbocycles. The number of carbonyl (C=O) groups is 1. The van der Waals surface area contributed by atoms with Crippen LogP contribution in [0.4, 0.5) is 0 Å². The van der Waals surface area contributed by atoms with Crippen molar-refractivity contribution in [3.05, 3.63) is 17.5 Å². The Balaban J connectivity index is 2.91. The summed E-state index contributed by atoms with van der Waals surface area (Å²) in [6, 6.07) is 0.342. The Hall–Kier alpha value is -1.36. The predicted molar refractivity (Wildman–Crippen MR) is 70.6 cm³/mol. The van der Waals surface area contributed by atoms with Crippen molar-refractivity contribution < 1.29 is 9.90 Å². The van der Waals surface area contributed by atoms with E-state index in [2.05, 4.69) is 37.7 Å². The zero-order chi connectivity index (χ0) is 14.1. The highest BCUT2D eigenvalue weighted by Gasteiger charge is 2.26. The van der Waals surface area contributed by atoms with Crippen molar-refractivity contribution in [1.82, 2.24) is 14.7 Å². The summed E-state index contributed by atoms with van der Waals surface area (Å²) in [5, 5.41) is 13.1. The Morgan fingerprint density at radius 3 is 2.56 bits per heavy atom. The standard InChI is InChI=1S/C13H23N3O2/c1-9(13(2,3)4)15(5)8-11-10(12(17)18)7-14-16(11)6/h7,9H,8H2,1-6H3,(H,17,18). The first kappa shape index (κ1) is 14.7. The number of hydrogen-bond acceptors (Lipinski definition) is 3. The quantitative estimate of drug-likeness (QED) is 0.891. The lowest BCUT2D eigenvalue weighted by Gasteiger charge is -2.35. The minimum atomic E-state index is -0.921. The molecule has 1 unspecified atom stereocenters. The van der Waals surface area contributed by atoms with E-state index in [-0.39, 0.29) is 11.0 Å². The maximum Gasteiger partial charge on any atom is 0.339 e. The van der Waals surface area contributed by atoms with E-state index in [9.17, 15) is 4.79 Å². The number of rotatable bonds is 4. The van der Waals surface area contributed by atoms with Gasteiger partial charge in [0.1, 0.15) is 5.56 Å². The third-order valence-corrected chi connectivity index (χ3v) is 3.61. The minimum absolute atomic E-state index is 0.150. The number of hydrogen-bond donors (Lipinski definition) is 1. The topological polar surface area (TPSA) is 58.4 Å². The van der Waals surface area contributed by atoms with Gasteiger partial charge in [0.15, 0.2) is 0 Å². The van der Waals surface area contributed by atoms with Crippen molar-refractivity contribution in [3.63, 3.8) is 0 Å². The predicted octanol–water partition coefficient (Wildman–Crippen LogP) is 1.98. The molecule has 1 aromatic rings. The number of aryl methyl sites for hydroxylation is 1. The van der Waals surface area contributed by atoms with Crippen molar-refractivity contribution in [2.75, 3.05) is 7.05 Å². The normalized spacial score (nSPS) is 13.9. The van der Waals surface area contributed by atoms with Crippen LogP contribution < -0.4 is 0 Å². The second-order valence-corrected chi connectivity index (χ2v) is 5.89. The first-order valence-corrected chi connectivity index (χ1v) is 6.09. The summed E-state index contributed by atoms with van der Waals surface area (Å²) in [6.45, 7) is 9.26. The van der Waals surface area contributed by atoms with Gasteiger partial charge < -0.3 is 5.11 Å². The van der Waals surface area contributed by atoms with Gasteiger partial charge in [0.25, 0.3) is 0 Å². The van der Waals surface area contributed by atoms with Crippen LogP contribution in [0.2, 0.25) is 0 Å². The summed E-state index contributed by atoms with van der Waals surface area (Å²) < 4.78 is 1.63. The van der Waals surface area contributed by atoms with Crippen LogP contribution in [-0.4, -0.2) is 38.8 Å². The van der Waals surface area contributed by atoms with Gasteiger partial charge in [-0.1, -0.05) is 20.8 Å². The Bertz CT molecular complexity index is 432. The molecule has 1 rings (SSSR count). The van der Waals surface area contributed by atoms with Crippen LogP contribution in [0.1, 0.15) is 43.7 Å². The van der Waals surface area contributed by atoms with Gasteiger partial charge in [0.2, 0.25) is 0 Å². The monoisotopic (exact) mass is 253 g/mol. The molecule has 0 spiro atoms. The van der Waals surface area contributed by atoms with Gasteiger partial charge >= 0.3 is 5.97 Å². The zero-order valence-electron chi connectivity index (χ0n) is 12.1. The smallest absolute Gasteiger partial charge is 0.339 e. The number of aromatic nitrogens is 2. The summed E-state index contributed by atoms with van der Waals surface area (Å²) in [5.41, 5.74) is 1.17. The number of aromatic carboxylic acids is 1. The Labute approximate surface area is 108 Å². The average molecular weight is 253 g/mol. The molecule has 1 aromatic heterocycles. The molecule has 0 aliphatic heterocycles. The molecule has 1 heterocycles. The van der Waals surface area contributed by atoms with Gasteiger partial charge in [-0.05, 0) is 19.4 Å². The first-order chi connectivity index (χ1) is 8.14. The molecule has 0 bridgehead atoms. The number of carboxylic acids is 1. The second-order valence-electron chi connectivity index (χ2n) is 5.89. The van der Waals surface area contributed by atoms with Crippen LogP contribution >= 0.6 is 0 Å². The van der Waals surface area contributed by atoms with Gasteiger partial charge in [-0.25, -0.2) is 4.79 Å².